The molecule has 3 aliphatic rings. The van der Waals surface area contributed by atoms with Crippen LogP contribution in [-0.4, -0.2) is 76.0 Å². The number of aromatic nitrogens is 1. The molecule has 0 saturated carbocycles. The van der Waals surface area contributed by atoms with Crippen LogP contribution in [0.25, 0.3) is 10.9 Å². The van der Waals surface area contributed by atoms with E-state index in [4.69, 9.17) is 4.74 Å². The van der Waals surface area contributed by atoms with Gasteiger partial charge in [0.05, 0.1) is 10.9 Å². The monoisotopic (exact) mass is 399 g/mol. The molecular formula is C21H25N3O3S. The molecule has 1 N–H and O–H groups in total. The van der Waals surface area contributed by atoms with Crippen molar-refractivity contribution in [1.29, 1.82) is 0 Å². The Balaban J connectivity index is 1.13. The van der Waals surface area contributed by atoms with E-state index in [1.165, 1.54) is 0 Å². The van der Waals surface area contributed by atoms with Gasteiger partial charge in [0.2, 0.25) is 5.91 Å². The van der Waals surface area contributed by atoms with E-state index < -0.39 is 0 Å². The van der Waals surface area contributed by atoms with Gasteiger partial charge in [-0.25, -0.2) is 0 Å². The lowest BCUT2D eigenvalue weighted by Gasteiger charge is -2.47. The lowest BCUT2D eigenvalue weighted by atomic mass is 9.92. The smallest absolute Gasteiger partial charge is 0.270 e. The number of para-hydroxylation sites is 1. The number of aromatic amines is 1. The zero-order valence-corrected chi connectivity index (χ0v) is 16.7. The Labute approximate surface area is 168 Å². The molecule has 3 fully saturated rings. The van der Waals surface area contributed by atoms with Gasteiger partial charge in [0, 0.05) is 42.8 Å². The van der Waals surface area contributed by atoms with Crippen molar-refractivity contribution in [3.05, 3.63) is 36.0 Å². The molecule has 6 nitrogen and oxygen atoms in total. The maximum Gasteiger partial charge on any atom is 0.270 e. The van der Waals surface area contributed by atoms with Crippen molar-refractivity contribution in [2.75, 3.05) is 38.5 Å². The Morgan fingerprint density at radius 2 is 1.96 bits per heavy atom. The molecule has 7 heteroatoms. The van der Waals surface area contributed by atoms with E-state index in [2.05, 4.69) is 4.98 Å². The highest BCUT2D eigenvalue weighted by Crippen LogP contribution is 2.46. The van der Waals surface area contributed by atoms with Crippen molar-refractivity contribution >= 4 is 34.5 Å². The molecule has 0 radical (unpaired) electrons. The normalized spacial score (nSPS) is 23.5. The number of ether oxygens (including phenoxy) is 1. The summed E-state index contributed by atoms with van der Waals surface area (Å²) in [7, 11) is 0. The summed E-state index contributed by atoms with van der Waals surface area (Å²) in [5, 5.41) is 1.06. The number of thioether (sulfide) groups is 1. The van der Waals surface area contributed by atoms with E-state index in [0.717, 1.165) is 62.1 Å². The molecule has 1 spiro atoms. The molecule has 28 heavy (non-hydrogen) atoms. The van der Waals surface area contributed by atoms with Crippen LogP contribution in [0.5, 0.6) is 0 Å². The van der Waals surface area contributed by atoms with Crippen molar-refractivity contribution in [3.8, 4) is 0 Å². The quantitative estimate of drug-likeness (QED) is 0.858. The summed E-state index contributed by atoms with van der Waals surface area (Å²) in [5.74, 6) is 1.09. The Bertz CT molecular complexity index is 866. The highest BCUT2D eigenvalue weighted by Gasteiger charge is 2.51. The van der Waals surface area contributed by atoms with Crippen molar-refractivity contribution in [2.45, 2.75) is 30.1 Å². The Morgan fingerprint density at radius 3 is 2.75 bits per heavy atom. The predicted molar refractivity (Wildman–Crippen MR) is 110 cm³/mol. The molecule has 2 amide bonds. The SMILES string of the molecule is O=C(CO[C@@H]1CSC2(C1)CN(C(=O)c1cc3ccccc3[nH]1)C2)N1CCCC1. The van der Waals surface area contributed by atoms with Crippen molar-refractivity contribution < 1.29 is 14.3 Å². The van der Waals surface area contributed by atoms with Crippen LogP contribution in [0.1, 0.15) is 29.8 Å². The molecule has 1 aromatic heterocycles. The van der Waals surface area contributed by atoms with Crippen LogP contribution >= 0.6 is 11.8 Å². The van der Waals surface area contributed by atoms with Gasteiger partial charge >= 0.3 is 0 Å². The fourth-order valence-corrected chi connectivity index (χ4v) is 6.08. The van der Waals surface area contributed by atoms with E-state index in [9.17, 15) is 9.59 Å². The highest BCUT2D eigenvalue weighted by molar-refractivity contribution is 8.01. The number of rotatable bonds is 4. The Morgan fingerprint density at radius 1 is 1.18 bits per heavy atom. The van der Waals surface area contributed by atoms with Crippen LogP contribution in [0.3, 0.4) is 0 Å². The summed E-state index contributed by atoms with van der Waals surface area (Å²) >= 11 is 1.89. The average Bonchev–Trinajstić information content (AvgIpc) is 3.43. The predicted octanol–water partition coefficient (Wildman–Crippen LogP) is 2.51. The van der Waals surface area contributed by atoms with E-state index in [0.29, 0.717) is 5.69 Å². The first-order valence-electron chi connectivity index (χ1n) is 10.0. The molecule has 1 aromatic carbocycles. The minimum Gasteiger partial charge on any atom is -0.367 e. The summed E-state index contributed by atoms with van der Waals surface area (Å²) < 4.78 is 6.01. The summed E-state index contributed by atoms with van der Waals surface area (Å²) in [4.78, 5) is 32.0. The van der Waals surface area contributed by atoms with Gasteiger partial charge < -0.3 is 19.5 Å². The van der Waals surface area contributed by atoms with Gasteiger partial charge in [0.1, 0.15) is 12.3 Å². The lowest BCUT2D eigenvalue weighted by Crippen LogP contribution is -2.60. The van der Waals surface area contributed by atoms with E-state index in [-0.39, 0.29) is 29.3 Å². The number of amides is 2. The minimum absolute atomic E-state index is 0.0657. The number of likely N-dealkylation sites (tertiary alicyclic amines) is 2. The second kappa shape index (κ2) is 7.12. The van der Waals surface area contributed by atoms with Gasteiger partial charge in [-0.15, -0.1) is 11.8 Å². The fourth-order valence-electron chi connectivity index (χ4n) is 4.53. The maximum absolute atomic E-state index is 12.8. The van der Waals surface area contributed by atoms with Gasteiger partial charge in [-0.2, -0.15) is 0 Å². The molecule has 3 saturated heterocycles. The summed E-state index contributed by atoms with van der Waals surface area (Å²) in [5.41, 5.74) is 1.65. The van der Waals surface area contributed by atoms with Crippen molar-refractivity contribution in [1.82, 2.24) is 14.8 Å². The van der Waals surface area contributed by atoms with Gasteiger partial charge in [0.15, 0.2) is 0 Å². The molecule has 0 bridgehead atoms. The molecule has 2 aromatic rings. The zero-order chi connectivity index (χ0) is 19.1. The van der Waals surface area contributed by atoms with E-state index in [1.807, 2.05) is 51.9 Å². The van der Waals surface area contributed by atoms with Crippen LogP contribution in [0.15, 0.2) is 30.3 Å². The molecule has 0 unspecified atom stereocenters. The number of H-pyrrole nitrogens is 1. The van der Waals surface area contributed by atoms with Crippen LogP contribution in [0, 0.1) is 0 Å². The van der Waals surface area contributed by atoms with Crippen molar-refractivity contribution in [2.24, 2.45) is 0 Å². The molecule has 4 heterocycles. The van der Waals surface area contributed by atoms with Crippen LogP contribution in [-0.2, 0) is 9.53 Å². The number of hydrogen-bond donors (Lipinski definition) is 1. The second-order valence-electron chi connectivity index (χ2n) is 8.15. The van der Waals surface area contributed by atoms with Gasteiger partial charge in [-0.1, -0.05) is 18.2 Å². The second-order valence-corrected chi connectivity index (χ2v) is 9.64. The van der Waals surface area contributed by atoms with E-state index in [1.54, 1.807) is 0 Å². The lowest BCUT2D eigenvalue weighted by molar-refractivity contribution is -0.136. The molecule has 3 aliphatic heterocycles. The minimum atomic E-state index is 0.0657. The number of carbonyl (C=O) groups is 2. The van der Waals surface area contributed by atoms with Gasteiger partial charge in [-0.05, 0) is 31.4 Å². The summed E-state index contributed by atoms with van der Waals surface area (Å²) in [6.07, 6.45) is 3.24. The largest absolute Gasteiger partial charge is 0.367 e. The molecule has 148 valence electrons. The van der Waals surface area contributed by atoms with E-state index >= 15 is 0 Å². The third-order valence-electron chi connectivity index (χ3n) is 6.08. The summed E-state index contributed by atoms with van der Waals surface area (Å²) in [6.45, 7) is 3.45. The topological polar surface area (TPSA) is 65.6 Å². The van der Waals surface area contributed by atoms with Gasteiger partial charge in [-0.3, -0.25) is 9.59 Å². The first-order valence-corrected chi connectivity index (χ1v) is 11.0. The van der Waals surface area contributed by atoms with Crippen LogP contribution in [0.4, 0.5) is 0 Å². The first kappa shape index (κ1) is 18.1. The Kier molecular flexibility index (Phi) is 4.59. The average molecular weight is 400 g/mol. The van der Waals surface area contributed by atoms with Crippen LogP contribution < -0.4 is 0 Å². The number of nitrogens with one attached hydrogen (secondary N) is 1. The molecule has 5 rings (SSSR count). The molecule has 0 aliphatic carbocycles. The highest BCUT2D eigenvalue weighted by atomic mass is 32.2. The summed E-state index contributed by atoms with van der Waals surface area (Å²) in [6, 6.07) is 9.88. The maximum atomic E-state index is 12.8. The number of benzene rings is 1. The number of hydrogen-bond acceptors (Lipinski definition) is 4. The third kappa shape index (κ3) is 3.31. The van der Waals surface area contributed by atoms with Gasteiger partial charge in [0.25, 0.3) is 5.91 Å². The molecular weight excluding hydrogens is 374 g/mol. The zero-order valence-electron chi connectivity index (χ0n) is 15.9. The third-order valence-corrected chi connectivity index (χ3v) is 7.66. The number of fused-ring (bicyclic) bond motifs is 1. The molecule has 1 atom stereocenters. The first-order chi connectivity index (χ1) is 13.6. The van der Waals surface area contributed by atoms with Crippen LogP contribution in [0.2, 0.25) is 0 Å². The standard InChI is InChI=1S/C21H25N3O3S/c25-19(23-7-3-4-8-23)11-27-16-10-21(28-12-16)13-24(14-21)20(26)18-9-15-5-1-2-6-17(15)22-18/h1-2,5-6,9,16,22H,3-4,7-8,10-14H2/t16-/m0/s1. The number of nitrogens with zero attached hydrogens (tertiary/aromatic N) is 2. The fraction of sp³-hybridized carbons (Fsp3) is 0.524. The van der Waals surface area contributed by atoms with Crippen molar-refractivity contribution in [3.63, 3.8) is 0 Å². The number of carbonyl (C=O) groups excluding carboxylic acids is 2. The Hall–Kier alpha value is -1.99.